The number of carbonyl (C=O) groups excluding carboxylic acids is 3. The van der Waals surface area contributed by atoms with E-state index in [0.29, 0.717) is 38.0 Å². The van der Waals surface area contributed by atoms with E-state index in [4.69, 9.17) is 5.73 Å². The molecule has 0 aliphatic carbocycles. The first-order valence-corrected chi connectivity index (χ1v) is 13.2. The Bertz CT molecular complexity index is 610. The second kappa shape index (κ2) is 14.0. The second-order valence-corrected chi connectivity index (χ2v) is 9.34. The Kier molecular flexibility index (Phi) is 12.6. The van der Waals surface area contributed by atoms with Gasteiger partial charge >= 0.3 is 5.97 Å². The third-order valence-corrected chi connectivity index (χ3v) is 6.48. The minimum Gasteiger partial charge on any atom is -0.480 e. The molecule has 0 radical (unpaired) electrons. The summed E-state index contributed by atoms with van der Waals surface area (Å²) in [6.45, 7) is 0.326. The van der Waals surface area contributed by atoms with Crippen molar-refractivity contribution >= 4 is 59.8 Å². The van der Waals surface area contributed by atoms with Gasteiger partial charge in [0.2, 0.25) is 17.7 Å². The third-order valence-electron chi connectivity index (χ3n) is 4.83. The number of nitrogens with one attached hydrogen (secondary N) is 2. The van der Waals surface area contributed by atoms with Crippen LogP contribution in [0.25, 0.3) is 0 Å². The number of nitrogens with zero attached hydrogens (tertiary/aromatic N) is 1. The molecule has 1 fully saturated rings. The van der Waals surface area contributed by atoms with Crippen molar-refractivity contribution in [2.45, 2.75) is 49.9 Å². The van der Waals surface area contributed by atoms with E-state index in [1.165, 1.54) is 16.7 Å². The van der Waals surface area contributed by atoms with Crippen LogP contribution >= 0.6 is 36.2 Å². The molecule has 4 atom stereocenters. The fourth-order valence-corrected chi connectivity index (χ4v) is 4.31. The van der Waals surface area contributed by atoms with Gasteiger partial charge in [-0.05, 0) is 49.7 Å². The summed E-state index contributed by atoms with van der Waals surface area (Å²) in [7, 11) is 0. The highest BCUT2D eigenvalue weighted by molar-refractivity contribution is 7.98. The van der Waals surface area contributed by atoms with Crippen LogP contribution in [0.1, 0.15) is 25.7 Å². The molecule has 0 saturated carbocycles. The zero-order chi connectivity index (χ0) is 22.7. The largest absolute Gasteiger partial charge is 0.480 e. The fraction of sp³-hybridized carbons (Fsp3) is 0.778. The molecule has 3 amide bonds. The first-order chi connectivity index (χ1) is 14.3. The van der Waals surface area contributed by atoms with Gasteiger partial charge in [-0.15, -0.1) is 0 Å². The number of hydrogen-bond donors (Lipinski definition) is 5. The summed E-state index contributed by atoms with van der Waals surface area (Å²) in [5, 5.41) is 14.6. The molecule has 30 heavy (non-hydrogen) atoms. The Morgan fingerprint density at radius 2 is 1.70 bits per heavy atom. The van der Waals surface area contributed by atoms with Crippen LogP contribution in [-0.2, 0) is 19.2 Å². The summed E-state index contributed by atoms with van der Waals surface area (Å²) in [6.07, 6.45) is 5.66. The van der Waals surface area contributed by atoms with Crippen LogP contribution in [0.5, 0.6) is 0 Å². The minimum absolute atomic E-state index is 0.0177. The summed E-state index contributed by atoms with van der Waals surface area (Å²) in [5.74, 6) is -1.08. The van der Waals surface area contributed by atoms with Crippen LogP contribution in [0.15, 0.2) is 0 Å². The monoisotopic (exact) mass is 480 g/mol. The number of aliphatic carboxylic acids is 1. The van der Waals surface area contributed by atoms with Crippen molar-refractivity contribution in [3.63, 3.8) is 0 Å². The van der Waals surface area contributed by atoms with Gasteiger partial charge in [0.25, 0.3) is 0 Å². The third kappa shape index (κ3) is 8.20. The van der Waals surface area contributed by atoms with E-state index in [0.717, 1.165) is 5.75 Å². The van der Waals surface area contributed by atoms with Crippen LogP contribution in [0.3, 0.4) is 0 Å². The van der Waals surface area contributed by atoms with E-state index in [1.54, 1.807) is 11.8 Å². The van der Waals surface area contributed by atoms with Crippen molar-refractivity contribution in [1.82, 2.24) is 15.5 Å². The molecule has 0 aromatic heterocycles. The van der Waals surface area contributed by atoms with Gasteiger partial charge in [0.15, 0.2) is 0 Å². The van der Waals surface area contributed by atoms with E-state index >= 15 is 0 Å². The number of hydrogen-bond acceptors (Lipinski definition) is 8. The minimum atomic E-state index is -1.06. The van der Waals surface area contributed by atoms with Crippen molar-refractivity contribution in [3.8, 4) is 0 Å². The highest BCUT2D eigenvalue weighted by Crippen LogP contribution is 2.19. The standard InChI is InChI=1S/C18H32N4O5S3/c1-29-8-5-11(19)15(23)20-12(6-9-30-2)16(24)21-13(10-28)17(25)22-7-3-4-14(22)18(26)27/h11-14,28H,3-10,19H2,1-2H3,(H,20,23)(H,21,24)(H,26,27). The number of amides is 3. The van der Waals surface area contributed by atoms with Gasteiger partial charge < -0.3 is 26.4 Å². The number of nitrogens with two attached hydrogens (primary N) is 1. The lowest BCUT2D eigenvalue weighted by atomic mass is 10.1. The van der Waals surface area contributed by atoms with Gasteiger partial charge in [0, 0.05) is 12.3 Å². The normalized spacial score (nSPS) is 19.1. The molecule has 1 heterocycles. The predicted octanol–water partition coefficient (Wildman–Crippen LogP) is -0.205. The van der Waals surface area contributed by atoms with Crippen LogP contribution in [0.4, 0.5) is 0 Å². The maximum atomic E-state index is 12.8. The molecule has 172 valence electrons. The molecule has 1 aliphatic rings. The van der Waals surface area contributed by atoms with Crippen molar-refractivity contribution in [3.05, 3.63) is 0 Å². The lowest BCUT2D eigenvalue weighted by Crippen LogP contribution is -2.57. The van der Waals surface area contributed by atoms with Crippen molar-refractivity contribution in [2.75, 3.05) is 36.3 Å². The molecular formula is C18H32N4O5S3. The predicted molar refractivity (Wildman–Crippen MR) is 124 cm³/mol. The summed E-state index contributed by atoms with van der Waals surface area (Å²) >= 11 is 7.27. The number of carboxylic acids is 1. The van der Waals surface area contributed by atoms with Gasteiger partial charge in [-0.25, -0.2) is 4.79 Å². The molecule has 0 spiro atoms. The second-order valence-electron chi connectivity index (χ2n) is 7.00. The molecule has 1 rings (SSSR count). The quantitative estimate of drug-likeness (QED) is 0.228. The lowest BCUT2D eigenvalue weighted by Gasteiger charge is -2.28. The Labute approximate surface area is 191 Å². The van der Waals surface area contributed by atoms with Gasteiger partial charge in [-0.2, -0.15) is 36.2 Å². The van der Waals surface area contributed by atoms with Gasteiger partial charge in [-0.3, -0.25) is 14.4 Å². The number of thioether (sulfide) groups is 2. The Hall–Kier alpha value is -1.11. The first-order valence-electron chi connectivity index (χ1n) is 9.75. The highest BCUT2D eigenvalue weighted by Gasteiger charge is 2.38. The maximum absolute atomic E-state index is 12.8. The summed E-state index contributed by atoms with van der Waals surface area (Å²) in [6, 6.07) is -3.42. The molecule has 12 heteroatoms. The molecule has 1 saturated heterocycles. The fourth-order valence-electron chi connectivity index (χ4n) is 3.10. The topological polar surface area (TPSA) is 142 Å². The summed E-state index contributed by atoms with van der Waals surface area (Å²) < 4.78 is 0. The zero-order valence-corrected chi connectivity index (χ0v) is 19.9. The average Bonchev–Trinajstić information content (AvgIpc) is 3.22. The van der Waals surface area contributed by atoms with Gasteiger partial charge in [-0.1, -0.05) is 0 Å². The number of carbonyl (C=O) groups is 4. The molecule has 4 unspecified atom stereocenters. The van der Waals surface area contributed by atoms with Crippen LogP contribution in [0, 0.1) is 0 Å². The molecule has 9 nitrogen and oxygen atoms in total. The van der Waals surface area contributed by atoms with Gasteiger partial charge in [0.1, 0.15) is 18.1 Å². The van der Waals surface area contributed by atoms with E-state index < -0.39 is 47.9 Å². The number of likely N-dealkylation sites (tertiary alicyclic amines) is 1. The van der Waals surface area contributed by atoms with Crippen LogP contribution in [0.2, 0.25) is 0 Å². The zero-order valence-electron chi connectivity index (χ0n) is 17.3. The van der Waals surface area contributed by atoms with Crippen LogP contribution < -0.4 is 16.4 Å². The molecule has 0 bridgehead atoms. The number of thiol groups is 1. The summed E-state index contributed by atoms with van der Waals surface area (Å²) in [5.41, 5.74) is 5.89. The molecular weight excluding hydrogens is 448 g/mol. The first kappa shape index (κ1) is 26.9. The van der Waals surface area contributed by atoms with E-state index in [1.807, 2.05) is 12.5 Å². The smallest absolute Gasteiger partial charge is 0.326 e. The number of carboxylic acid groups (broad SMARTS) is 1. The summed E-state index contributed by atoms with van der Waals surface area (Å²) in [4.78, 5) is 50.6. The molecule has 0 aromatic rings. The lowest BCUT2D eigenvalue weighted by molar-refractivity contribution is -0.149. The molecule has 5 N–H and O–H groups in total. The average molecular weight is 481 g/mol. The van der Waals surface area contributed by atoms with Crippen LogP contribution in [-0.4, -0.2) is 94.2 Å². The Morgan fingerprint density at radius 1 is 1.10 bits per heavy atom. The van der Waals surface area contributed by atoms with E-state index in [9.17, 15) is 24.3 Å². The SMILES string of the molecule is CSCCC(N)C(=O)NC(CCSC)C(=O)NC(CS)C(=O)N1CCCC1C(=O)O. The van der Waals surface area contributed by atoms with Crippen molar-refractivity contribution < 1.29 is 24.3 Å². The highest BCUT2D eigenvalue weighted by atomic mass is 32.2. The molecule has 1 aliphatic heterocycles. The maximum Gasteiger partial charge on any atom is 0.326 e. The molecule has 0 aromatic carbocycles. The Morgan fingerprint density at radius 3 is 2.27 bits per heavy atom. The Balaban J connectivity index is 2.80. The number of rotatable bonds is 13. The van der Waals surface area contributed by atoms with Crippen molar-refractivity contribution in [2.24, 2.45) is 5.73 Å². The van der Waals surface area contributed by atoms with Gasteiger partial charge in [0.05, 0.1) is 6.04 Å². The van der Waals surface area contributed by atoms with E-state index in [-0.39, 0.29) is 5.75 Å². The van der Waals surface area contributed by atoms with E-state index in [2.05, 4.69) is 23.3 Å². The van der Waals surface area contributed by atoms with Crippen molar-refractivity contribution in [1.29, 1.82) is 0 Å².